The standard InChI is InChI=1S/C11H17NO2/c1-9-5-3-4-6-11(9)12(2)7-10(14)8-13/h3-6,10,13-14H,7-8H2,1-2H3. The van der Waals surface area contributed by atoms with Crippen LogP contribution in [0.25, 0.3) is 0 Å². The minimum Gasteiger partial charge on any atom is -0.394 e. The SMILES string of the molecule is Cc1ccccc1N(C)CC(O)CO. The summed E-state index contributed by atoms with van der Waals surface area (Å²) in [7, 11) is 1.90. The predicted molar refractivity (Wildman–Crippen MR) is 57.5 cm³/mol. The molecule has 1 rings (SSSR count). The van der Waals surface area contributed by atoms with Crippen LogP contribution in [-0.2, 0) is 0 Å². The number of hydrogen-bond donors (Lipinski definition) is 2. The summed E-state index contributed by atoms with van der Waals surface area (Å²) < 4.78 is 0. The van der Waals surface area contributed by atoms with Crippen LogP contribution in [-0.4, -0.2) is 36.5 Å². The van der Waals surface area contributed by atoms with Crippen molar-refractivity contribution in [2.45, 2.75) is 13.0 Å². The average molecular weight is 195 g/mol. The van der Waals surface area contributed by atoms with Crippen molar-refractivity contribution in [2.24, 2.45) is 0 Å². The van der Waals surface area contributed by atoms with Gasteiger partial charge in [0.2, 0.25) is 0 Å². The summed E-state index contributed by atoms with van der Waals surface area (Å²) in [6.07, 6.45) is -0.681. The normalized spacial score (nSPS) is 12.6. The Morgan fingerprint density at radius 3 is 2.57 bits per heavy atom. The molecule has 3 nitrogen and oxygen atoms in total. The third kappa shape index (κ3) is 2.72. The Morgan fingerprint density at radius 1 is 1.36 bits per heavy atom. The number of benzene rings is 1. The van der Waals surface area contributed by atoms with Gasteiger partial charge in [0.25, 0.3) is 0 Å². The lowest BCUT2D eigenvalue weighted by Gasteiger charge is -2.23. The summed E-state index contributed by atoms with van der Waals surface area (Å²) in [5, 5.41) is 18.0. The molecule has 0 amide bonds. The molecule has 1 aromatic rings. The van der Waals surface area contributed by atoms with Crippen LogP contribution >= 0.6 is 0 Å². The maximum atomic E-state index is 9.29. The summed E-state index contributed by atoms with van der Waals surface area (Å²) in [5.74, 6) is 0. The van der Waals surface area contributed by atoms with Gasteiger partial charge in [0, 0.05) is 19.3 Å². The predicted octanol–water partition coefficient (Wildman–Crippen LogP) is 0.784. The molecule has 0 saturated heterocycles. The molecule has 0 bridgehead atoms. The minimum atomic E-state index is -0.681. The lowest BCUT2D eigenvalue weighted by atomic mass is 10.2. The summed E-state index contributed by atoms with van der Waals surface area (Å²) >= 11 is 0. The third-order valence-electron chi connectivity index (χ3n) is 2.22. The number of aliphatic hydroxyl groups excluding tert-OH is 2. The molecule has 14 heavy (non-hydrogen) atoms. The van der Waals surface area contributed by atoms with Crippen molar-refractivity contribution < 1.29 is 10.2 Å². The van der Waals surface area contributed by atoms with Gasteiger partial charge in [0.1, 0.15) is 0 Å². The maximum Gasteiger partial charge on any atom is 0.0945 e. The highest BCUT2D eigenvalue weighted by molar-refractivity contribution is 5.52. The quantitative estimate of drug-likeness (QED) is 0.746. The van der Waals surface area contributed by atoms with E-state index in [9.17, 15) is 5.11 Å². The number of para-hydroxylation sites is 1. The van der Waals surface area contributed by atoms with E-state index in [2.05, 4.69) is 0 Å². The molecule has 1 unspecified atom stereocenters. The number of hydrogen-bond acceptors (Lipinski definition) is 3. The van der Waals surface area contributed by atoms with Crippen LogP contribution in [0, 0.1) is 6.92 Å². The van der Waals surface area contributed by atoms with Gasteiger partial charge in [0.05, 0.1) is 12.7 Å². The zero-order valence-corrected chi connectivity index (χ0v) is 8.64. The van der Waals surface area contributed by atoms with Gasteiger partial charge in [-0.05, 0) is 18.6 Å². The van der Waals surface area contributed by atoms with E-state index in [1.807, 2.05) is 43.1 Å². The molecule has 78 valence electrons. The lowest BCUT2D eigenvalue weighted by molar-refractivity contribution is 0.101. The van der Waals surface area contributed by atoms with E-state index in [1.54, 1.807) is 0 Å². The molecule has 0 aliphatic heterocycles. The van der Waals surface area contributed by atoms with Crippen molar-refractivity contribution in [2.75, 3.05) is 25.1 Å². The first-order valence-electron chi connectivity index (χ1n) is 4.71. The van der Waals surface area contributed by atoms with Gasteiger partial charge in [-0.3, -0.25) is 0 Å². The Morgan fingerprint density at radius 2 is 2.00 bits per heavy atom. The van der Waals surface area contributed by atoms with Crippen molar-refractivity contribution >= 4 is 5.69 Å². The van der Waals surface area contributed by atoms with Gasteiger partial charge in [-0.15, -0.1) is 0 Å². The molecule has 0 aliphatic carbocycles. The van der Waals surface area contributed by atoms with Crippen LogP contribution in [0.15, 0.2) is 24.3 Å². The van der Waals surface area contributed by atoms with E-state index in [0.717, 1.165) is 5.69 Å². The number of nitrogens with zero attached hydrogens (tertiary/aromatic N) is 1. The zero-order chi connectivity index (χ0) is 10.6. The smallest absolute Gasteiger partial charge is 0.0945 e. The van der Waals surface area contributed by atoms with Crippen LogP contribution in [0.1, 0.15) is 5.56 Å². The van der Waals surface area contributed by atoms with E-state index < -0.39 is 6.10 Å². The highest BCUT2D eigenvalue weighted by Crippen LogP contribution is 2.17. The zero-order valence-electron chi connectivity index (χ0n) is 8.64. The van der Waals surface area contributed by atoms with Crippen molar-refractivity contribution in [3.63, 3.8) is 0 Å². The van der Waals surface area contributed by atoms with Crippen molar-refractivity contribution in [1.29, 1.82) is 0 Å². The Balaban J connectivity index is 2.69. The largest absolute Gasteiger partial charge is 0.394 e. The summed E-state index contributed by atoms with van der Waals surface area (Å²) in [4.78, 5) is 1.94. The minimum absolute atomic E-state index is 0.198. The molecule has 0 spiro atoms. The Hall–Kier alpha value is -1.06. The summed E-state index contributed by atoms with van der Waals surface area (Å²) in [6.45, 7) is 2.27. The molecule has 0 heterocycles. The molecule has 0 aromatic heterocycles. The first-order valence-corrected chi connectivity index (χ1v) is 4.71. The average Bonchev–Trinajstić information content (AvgIpc) is 2.18. The highest BCUT2D eigenvalue weighted by Gasteiger charge is 2.08. The Bertz CT molecular complexity index is 288. The fourth-order valence-corrected chi connectivity index (χ4v) is 1.46. The van der Waals surface area contributed by atoms with Crippen LogP contribution in [0.4, 0.5) is 5.69 Å². The van der Waals surface area contributed by atoms with Crippen molar-refractivity contribution in [1.82, 2.24) is 0 Å². The third-order valence-corrected chi connectivity index (χ3v) is 2.22. The second kappa shape index (κ2) is 4.98. The number of aliphatic hydroxyl groups is 2. The number of anilines is 1. The van der Waals surface area contributed by atoms with Crippen LogP contribution in [0.2, 0.25) is 0 Å². The van der Waals surface area contributed by atoms with E-state index >= 15 is 0 Å². The highest BCUT2D eigenvalue weighted by atomic mass is 16.3. The molecular formula is C11H17NO2. The molecule has 3 heteroatoms. The van der Waals surface area contributed by atoms with E-state index in [1.165, 1.54) is 5.56 Å². The second-order valence-corrected chi connectivity index (χ2v) is 3.50. The lowest BCUT2D eigenvalue weighted by Crippen LogP contribution is -2.31. The first kappa shape index (κ1) is 11.0. The van der Waals surface area contributed by atoms with E-state index in [0.29, 0.717) is 6.54 Å². The molecular weight excluding hydrogens is 178 g/mol. The molecule has 0 radical (unpaired) electrons. The topological polar surface area (TPSA) is 43.7 Å². The fraction of sp³-hybridized carbons (Fsp3) is 0.455. The second-order valence-electron chi connectivity index (χ2n) is 3.50. The summed E-state index contributed by atoms with van der Waals surface area (Å²) in [5.41, 5.74) is 2.25. The number of rotatable bonds is 4. The van der Waals surface area contributed by atoms with Gasteiger partial charge >= 0.3 is 0 Å². The maximum absolute atomic E-state index is 9.29. The summed E-state index contributed by atoms with van der Waals surface area (Å²) in [6, 6.07) is 7.97. The molecule has 0 fully saturated rings. The molecule has 2 N–H and O–H groups in total. The van der Waals surface area contributed by atoms with Gasteiger partial charge in [-0.25, -0.2) is 0 Å². The van der Waals surface area contributed by atoms with Gasteiger partial charge < -0.3 is 15.1 Å². The number of aryl methyl sites for hydroxylation is 1. The molecule has 1 aromatic carbocycles. The van der Waals surface area contributed by atoms with Crippen LogP contribution in [0.3, 0.4) is 0 Å². The fourth-order valence-electron chi connectivity index (χ4n) is 1.46. The van der Waals surface area contributed by atoms with E-state index in [-0.39, 0.29) is 6.61 Å². The van der Waals surface area contributed by atoms with Crippen LogP contribution in [0.5, 0.6) is 0 Å². The van der Waals surface area contributed by atoms with Crippen molar-refractivity contribution in [3.8, 4) is 0 Å². The molecule has 0 saturated carbocycles. The molecule has 0 aliphatic rings. The Kier molecular flexibility index (Phi) is 3.92. The van der Waals surface area contributed by atoms with Gasteiger partial charge in [0.15, 0.2) is 0 Å². The van der Waals surface area contributed by atoms with Gasteiger partial charge in [-0.1, -0.05) is 18.2 Å². The van der Waals surface area contributed by atoms with E-state index in [4.69, 9.17) is 5.11 Å². The first-order chi connectivity index (χ1) is 6.65. The van der Waals surface area contributed by atoms with Crippen molar-refractivity contribution in [3.05, 3.63) is 29.8 Å². The monoisotopic (exact) mass is 195 g/mol. The number of likely N-dealkylation sites (N-methyl/N-ethyl adjacent to an activating group) is 1. The van der Waals surface area contributed by atoms with Crippen LogP contribution < -0.4 is 4.90 Å². The Labute approximate surface area is 84.6 Å². The van der Waals surface area contributed by atoms with Gasteiger partial charge in [-0.2, -0.15) is 0 Å². The molecule has 1 atom stereocenters.